The van der Waals surface area contributed by atoms with Crippen LogP contribution in [-0.4, -0.2) is 23.5 Å². The first-order chi connectivity index (χ1) is 16.1. The number of hydrogen-bond donors (Lipinski definition) is 2. The Kier molecular flexibility index (Phi) is 6.67. The van der Waals surface area contributed by atoms with Gasteiger partial charge < -0.3 is 10.2 Å². The first kappa shape index (κ1) is 21.7. The highest BCUT2D eigenvalue weighted by molar-refractivity contribution is 6.45. The van der Waals surface area contributed by atoms with Gasteiger partial charge in [-0.1, -0.05) is 72.3 Å². The minimum atomic E-state index is -0.713. The highest BCUT2D eigenvalue weighted by Gasteiger charge is 2.30. The number of benzene rings is 3. The fourth-order valence-corrected chi connectivity index (χ4v) is 3.07. The zero-order valence-electron chi connectivity index (χ0n) is 17.5. The maximum absolute atomic E-state index is 13.0. The molecular weight excluding hydrogens is 420 g/mol. The van der Waals surface area contributed by atoms with Crippen LogP contribution in [0.1, 0.15) is 15.9 Å². The van der Waals surface area contributed by atoms with Crippen LogP contribution in [0.25, 0.3) is 0 Å². The Morgan fingerprint density at radius 3 is 2.18 bits per heavy atom. The molecule has 0 atom stereocenters. The Bertz CT molecular complexity index is 1210. The van der Waals surface area contributed by atoms with Gasteiger partial charge in [0.2, 0.25) is 0 Å². The van der Waals surface area contributed by atoms with E-state index in [9.17, 15) is 14.4 Å². The lowest BCUT2D eigenvalue weighted by Gasteiger charge is -2.15. The van der Waals surface area contributed by atoms with Crippen LogP contribution in [0.5, 0.6) is 0 Å². The van der Waals surface area contributed by atoms with Crippen molar-refractivity contribution in [2.45, 2.75) is 6.54 Å². The van der Waals surface area contributed by atoms with Crippen molar-refractivity contribution in [3.8, 4) is 0 Å². The molecule has 4 rings (SSSR count). The van der Waals surface area contributed by atoms with Crippen molar-refractivity contribution in [3.63, 3.8) is 0 Å². The fraction of sp³-hybridized carbons (Fsp3) is 0.0400. The van der Waals surface area contributed by atoms with Gasteiger partial charge in [0.15, 0.2) is 5.70 Å². The van der Waals surface area contributed by atoms with E-state index in [1.807, 2.05) is 36.4 Å². The highest BCUT2D eigenvalue weighted by Crippen LogP contribution is 2.21. The molecule has 1 fully saturated rings. The number of hydrazine groups is 1. The SMILES string of the molecule is O=C(NCc1ccccc1)C(/C=C1\C(=O)ONN1c1ccccc1)=NC(=O)c1ccccc1. The summed E-state index contributed by atoms with van der Waals surface area (Å²) < 4.78 is 0. The van der Waals surface area contributed by atoms with Crippen molar-refractivity contribution in [1.29, 1.82) is 0 Å². The third kappa shape index (κ3) is 5.38. The summed E-state index contributed by atoms with van der Waals surface area (Å²) >= 11 is 0. The summed E-state index contributed by atoms with van der Waals surface area (Å²) in [4.78, 5) is 47.0. The average Bonchev–Trinajstić information content (AvgIpc) is 3.23. The van der Waals surface area contributed by atoms with Gasteiger partial charge in [-0.25, -0.2) is 14.8 Å². The molecule has 2 N–H and O–H groups in total. The van der Waals surface area contributed by atoms with Crippen LogP contribution in [0, 0.1) is 0 Å². The van der Waals surface area contributed by atoms with Crippen LogP contribution >= 0.6 is 0 Å². The lowest BCUT2D eigenvalue weighted by Crippen LogP contribution is -2.33. The number of rotatable bonds is 6. The number of hydrogen-bond acceptors (Lipinski definition) is 6. The van der Waals surface area contributed by atoms with Crippen molar-refractivity contribution >= 4 is 29.2 Å². The van der Waals surface area contributed by atoms with E-state index in [1.165, 1.54) is 11.1 Å². The lowest BCUT2D eigenvalue weighted by atomic mass is 10.2. The summed E-state index contributed by atoms with van der Waals surface area (Å²) in [6.07, 6.45) is 1.23. The quantitative estimate of drug-likeness (QED) is 0.452. The van der Waals surface area contributed by atoms with Crippen molar-refractivity contribution in [1.82, 2.24) is 10.9 Å². The zero-order valence-corrected chi connectivity index (χ0v) is 17.5. The van der Waals surface area contributed by atoms with Gasteiger partial charge in [0.1, 0.15) is 5.71 Å². The van der Waals surface area contributed by atoms with Gasteiger partial charge in [-0.15, -0.1) is 0 Å². The third-order valence-corrected chi connectivity index (χ3v) is 4.74. The third-order valence-electron chi connectivity index (χ3n) is 4.74. The summed E-state index contributed by atoms with van der Waals surface area (Å²) in [6.45, 7) is 0.229. The molecule has 0 aliphatic carbocycles. The minimum absolute atomic E-state index is 0.00988. The number of carbonyl (C=O) groups excluding carboxylic acids is 3. The summed E-state index contributed by atoms with van der Waals surface area (Å²) in [6, 6.07) is 26.6. The van der Waals surface area contributed by atoms with Crippen molar-refractivity contribution in [2.24, 2.45) is 4.99 Å². The smallest absolute Gasteiger partial charge is 0.347 e. The molecule has 0 radical (unpaired) electrons. The topological polar surface area (TPSA) is 100 Å². The molecule has 2 amide bonds. The summed E-state index contributed by atoms with van der Waals surface area (Å²) in [5.74, 6) is -1.93. The number of para-hydroxylation sites is 1. The van der Waals surface area contributed by atoms with E-state index in [2.05, 4.69) is 15.9 Å². The molecule has 33 heavy (non-hydrogen) atoms. The molecule has 8 nitrogen and oxygen atoms in total. The Balaban J connectivity index is 1.66. The molecule has 1 heterocycles. The van der Waals surface area contributed by atoms with Gasteiger partial charge in [-0.3, -0.25) is 9.59 Å². The Morgan fingerprint density at radius 1 is 0.909 bits per heavy atom. The molecule has 0 unspecified atom stereocenters. The Labute approximate surface area is 190 Å². The van der Waals surface area contributed by atoms with Crippen molar-refractivity contribution in [2.75, 3.05) is 5.01 Å². The molecule has 1 aliphatic rings. The monoisotopic (exact) mass is 440 g/mol. The molecule has 0 bridgehead atoms. The van der Waals surface area contributed by atoms with Gasteiger partial charge in [-0.05, 0) is 29.8 Å². The van der Waals surface area contributed by atoms with Gasteiger partial charge in [0.25, 0.3) is 11.8 Å². The van der Waals surface area contributed by atoms with E-state index < -0.39 is 17.8 Å². The maximum atomic E-state index is 13.0. The number of carbonyl (C=O) groups is 3. The standard InChI is InChI=1S/C25H20N4O4/c30-23(19-12-6-2-7-13-19)27-21(24(31)26-17-18-10-4-1-5-11-18)16-22-25(32)33-28-29(22)20-14-8-3-9-15-20/h1-16,28H,17H2,(H,26,31)/b22-16+,27-21?. The summed E-state index contributed by atoms with van der Waals surface area (Å²) in [5, 5.41) is 4.11. The molecular formula is C25H20N4O4. The lowest BCUT2D eigenvalue weighted by molar-refractivity contribution is -0.140. The molecule has 8 heteroatoms. The number of nitrogens with one attached hydrogen (secondary N) is 2. The van der Waals surface area contributed by atoms with E-state index in [0.29, 0.717) is 11.3 Å². The second-order valence-electron chi connectivity index (χ2n) is 7.02. The van der Waals surface area contributed by atoms with Gasteiger partial charge in [0, 0.05) is 18.2 Å². The van der Waals surface area contributed by atoms with Crippen molar-refractivity contribution < 1.29 is 19.2 Å². The normalized spacial score (nSPS) is 14.8. The molecule has 3 aromatic rings. The highest BCUT2D eigenvalue weighted by atomic mass is 16.7. The second-order valence-corrected chi connectivity index (χ2v) is 7.02. The predicted octanol–water partition coefficient (Wildman–Crippen LogP) is 2.95. The summed E-state index contributed by atoms with van der Waals surface area (Å²) in [7, 11) is 0. The largest absolute Gasteiger partial charge is 0.376 e. The van der Waals surface area contributed by atoms with Crippen LogP contribution in [0.3, 0.4) is 0 Å². The van der Waals surface area contributed by atoms with Gasteiger partial charge in [0.05, 0.1) is 5.69 Å². The maximum Gasteiger partial charge on any atom is 0.376 e. The molecule has 3 aromatic carbocycles. The van der Waals surface area contributed by atoms with Crippen LogP contribution in [0.15, 0.2) is 108 Å². The van der Waals surface area contributed by atoms with Crippen LogP contribution in [-0.2, 0) is 21.0 Å². The number of anilines is 1. The molecule has 0 saturated carbocycles. The van der Waals surface area contributed by atoms with Gasteiger partial charge >= 0.3 is 5.97 Å². The molecule has 164 valence electrons. The molecule has 1 saturated heterocycles. The Morgan fingerprint density at radius 2 is 1.52 bits per heavy atom. The summed E-state index contributed by atoms with van der Waals surface area (Å²) in [5.41, 5.74) is 4.08. The minimum Gasteiger partial charge on any atom is -0.347 e. The molecule has 0 spiro atoms. The second kappa shape index (κ2) is 10.2. The van der Waals surface area contributed by atoms with E-state index >= 15 is 0 Å². The average molecular weight is 440 g/mol. The van der Waals surface area contributed by atoms with E-state index in [4.69, 9.17) is 4.84 Å². The van der Waals surface area contributed by atoms with Crippen LogP contribution < -0.4 is 15.9 Å². The first-order valence-corrected chi connectivity index (χ1v) is 10.2. The zero-order chi connectivity index (χ0) is 23.0. The molecule has 1 aliphatic heterocycles. The molecule has 0 aromatic heterocycles. The number of nitrogens with zero attached hydrogens (tertiary/aromatic N) is 2. The van der Waals surface area contributed by atoms with E-state index in [1.54, 1.807) is 54.6 Å². The Hall–Kier alpha value is -4.56. The number of aliphatic imine (C=N–C) groups is 1. The van der Waals surface area contributed by atoms with Crippen LogP contribution in [0.4, 0.5) is 5.69 Å². The predicted molar refractivity (Wildman–Crippen MR) is 123 cm³/mol. The van der Waals surface area contributed by atoms with Crippen LogP contribution in [0.2, 0.25) is 0 Å². The fourth-order valence-electron chi connectivity index (χ4n) is 3.07. The number of amides is 2. The van der Waals surface area contributed by atoms with Crippen molar-refractivity contribution in [3.05, 3.63) is 114 Å². The van der Waals surface area contributed by atoms with E-state index in [0.717, 1.165) is 5.56 Å². The van der Waals surface area contributed by atoms with E-state index in [-0.39, 0.29) is 18.0 Å². The first-order valence-electron chi connectivity index (χ1n) is 10.2. The van der Waals surface area contributed by atoms with Gasteiger partial charge in [-0.2, -0.15) is 0 Å².